The second-order valence-corrected chi connectivity index (χ2v) is 4.59. The van der Waals surface area contributed by atoms with Gasteiger partial charge in [-0.05, 0) is 38.3 Å². The fourth-order valence-electron chi connectivity index (χ4n) is 2.22. The molecule has 0 radical (unpaired) electrons. The van der Waals surface area contributed by atoms with Crippen molar-refractivity contribution in [1.82, 2.24) is 0 Å². The van der Waals surface area contributed by atoms with Crippen molar-refractivity contribution in [2.24, 2.45) is 5.73 Å². The Morgan fingerprint density at radius 2 is 2.07 bits per heavy atom. The first-order valence-corrected chi connectivity index (χ1v) is 5.22. The van der Waals surface area contributed by atoms with Gasteiger partial charge in [-0.3, -0.25) is 0 Å². The molecule has 3 heteroatoms. The minimum atomic E-state index is -0.545. The van der Waals surface area contributed by atoms with Crippen LogP contribution in [0.1, 0.15) is 30.9 Å². The van der Waals surface area contributed by atoms with Crippen molar-refractivity contribution in [2.75, 3.05) is 0 Å². The number of rotatable bonds is 2. The number of hydrogen-bond donors (Lipinski definition) is 2. The van der Waals surface area contributed by atoms with Crippen molar-refractivity contribution in [3.63, 3.8) is 0 Å². The number of aryl methyl sites for hydroxylation is 1. The Bertz CT molecular complexity index is 397. The van der Waals surface area contributed by atoms with Gasteiger partial charge in [-0.1, -0.05) is 6.07 Å². The summed E-state index contributed by atoms with van der Waals surface area (Å²) < 4.78 is 13.4. The van der Waals surface area contributed by atoms with Crippen molar-refractivity contribution in [3.05, 3.63) is 29.1 Å². The number of hydrogen-bond acceptors (Lipinski definition) is 2. The van der Waals surface area contributed by atoms with Gasteiger partial charge in [0.15, 0.2) is 11.6 Å². The molecular formula is C12H16FNO. The Kier molecular flexibility index (Phi) is 2.23. The van der Waals surface area contributed by atoms with Gasteiger partial charge in [-0.25, -0.2) is 4.39 Å². The first kappa shape index (κ1) is 10.4. The number of phenols is 1. The molecule has 1 aromatic rings. The standard InChI is InChI=1S/C12H16FNO/c1-7-5-9(11(15)10(13)6-7)12(3-4-12)8(2)14/h5-6,8,15H,3-4,14H2,1-2H3. The van der Waals surface area contributed by atoms with Crippen LogP contribution in [-0.2, 0) is 5.41 Å². The maximum Gasteiger partial charge on any atom is 0.165 e. The summed E-state index contributed by atoms with van der Waals surface area (Å²) in [7, 11) is 0. The summed E-state index contributed by atoms with van der Waals surface area (Å²) in [6, 6.07) is 3.13. The minimum absolute atomic E-state index is 0.0513. The van der Waals surface area contributed by atoms with Crippen LogP contribution in [0, 0.1) is 12.7 Å². The highest BCUT2D eigenvalue weighted by Gasteiger charge is 2.49. The maximum atomic E-state index is 13.4. The third-order valence-corrected chi connectivity index (χ3v) is 3.40. The first-order valence-electron chi connectivity index (χ1n) is 5.22. The average Bonchev–Trinajstić information content (AvgIpc) is 2.91. The lowest BCUT2D eigenvalue weighted by molar-refractivity contribution is 0.410. The molecule has 15 heavy (non-hydrogen) atoms. The molecule has 2 rings (SSSR count). The second kappa shape index (κ2) is 3.20. The molecule has 3 N–H and O–H groups in total. The third-order valence-electron chi connectivity index (χ3n) is 3.40. The molecule has 0 aliphatic heterocycles. The summed E-state index contributed by atoms with van der Waals surface area (Å²) >= 11 is 0. The lowest BCUT2D eigenvalue weighted by Gasteiger charge is -2.21. The molecule has 0 heterocycles. The van der Waals surface area contributed by atoms with Gasteiger partial charge in [0, 0.05) is 17.0 Å². The molecule has 1 atom stereocenters. The van der Waals surface area contributed by atoms with Gasteiger partial charge in [0.2, 0.25) is 0 Å². The topological polar surface area (TPSA) is 46.2 Å². The predicted octanol–water partition coefficient (Wildman–Crippen LogP) is 2.22. The number of aromatic hydroxyl groups is 1. The monoisotopic (exact) mass is 209 g/mol. The van der Waals surface area contributed by atoms with E-state index < -0.39 is 5.82 Å². The van der Waals surface area contributed by atoms with E-state index in [0.29, 0.717) is 5.56 Å². The van der Waals surface area contributed by atoms with E-state index in [2.05, 4.69) is 0 Å². The molecule has 1 aliphatic carbocycles. The van der Waals surface area contributed by atoms with E-state index in [-0.39, 0.29) is 17.2 Å². The lowest BCUT2D eigenvalue weighted by Crippen LogP contribution is -2.31. The summed E-state index contributed by atoms with van der Waals surface area (Å²) in [4.78, 5) is 0. The normalized spacial score (nSPS) is 20.0. The summed E-state index contributed by atoms with van der Waals surface area (Å²) in [6.45, 7) is 3.73. The summed E-state index contributed by atoms with van der Waals surface area (Å²) in [5.41, 5.74) is 7.20. The smallest absolute Gasteiger partial charge is 0.165 e. The Balaban J connectivity index is 2.53. The summed E-state index contributed by atoms with van der Waals surface area (Å²) in [5.74, 6) is -0.771. The van der Waals surface area contributed by atoms with Gasteiger partial charge < -0.3 is 10.8 Å². The summed E-state index contributed by atoms with van der Waals surface area (Å²) in [6.07, 6.45) is 1.86. The van der Waals surface area contributed by atoms with Gasteiger partial charge in [0.1, 0.15) is 0 Å². The maximum absolute atomic E-state index is 13.4. The first-order chi connectivity index (χ1) is 6.97. The Morgan fingerprint density at radius 1 is 1.47 bits per heavy atom. The van der Waals surface area contributed by atoms with Crippen LogP contribution in [0.3, 0.4) is 0 Å². The Labute approximate surface area is 88.9 Å². The van der Waals surface area contributed by atoms with E-state index in [9.17, 15) is 9.50 Å². The van der Waals surface area contributed by atoms with Crippen LogP contribution < -0.4 is 5.73 Å². The average molecular weight is 209 g/mol. The van der Waals surface area contributed by atoms with E-state index in [1.54, 1.807) is 0 Å². The molecule has 0 spiro atoms. The molecule has 0 bridgehead atoms. The van der Waals surface area contributed by atoms with Gasteiger partial charge >= 0.3 is 0 Å². The quantitative estimate of drug-likeness (QED) is 0.784. The zero-order chi connectivity index (χ0) is 11.2. The van der Waals surface area contributed by atoms with Crippen molar-refractivity contribution in [1.29, 1.82) is 0 Å². The minimum Gasteiger partial charge on any atom is -0.505 e. The second-order valence-electron chi connectivity index (χ2n) is 4.59. The van der Waals surface area contributed by atoms with Gasteiger partial charge in [0.25, 0.3) is 0 Å². The van der Waals surface area contributed by atoms with E-state index in [1.165, 1.54) is 6.07 Å². The highest BCUT2D eigenvalue weighted by molar-refractivity contribution is 5.46. The van der Waals surface area contributed by atoms with Crippen LogP contribution in [0.5, 0.6) is 5.75 Å². The third kappa shape index (κ3) is 1.51. The number of benzene rings is 1. The van der Waals surface area contributed by atoms with Crippen molar-refractivity contribution < 1.29 is 9.50 Å². The van der Waals surface area contributed by atoms with E-state index >= 15 is 0 Å². The molecule has 1 saturated carbocycles. The van der Waals surface area contributed by atoms with E-state index in [1.807, 2.05) is 19.9 Å². The van der Waals surface area contributed by atoms with Crippen molar-refractivity contribution in [2.45, 2.75) is 38.1 Å². The molecule has 1 aliphatic rings. The molecule has 0 saturated heterocycles. The molecule has 1 aromatic carbocycles. The fraction of sp³-hybridized carbons (Fsp3) is 0.500. The Hall–Kier alpha value is -1.09. The SMILES string of the molecule is Cc1cc(F)c(O)c(C2(C(C)N)CC2)c1. The van der Waals surface area contributed by atoms with Crippen molar-refractivity contribution in [3.8, 4) is 5.75 Å². The van der Waals surface area contributed by atoms with Gasteiger partial charge in [-0.15, -0.1) is 0 Å². The number of nitrogens with two attached hydrogens (primary N) is 1. The molecule has 0 amide bonds. The molecule has 1 fully saturated rings. The number of phenolic OH excluding ortho intramolecular Hbond substituents is 1. The molecule has 2 nitrogen and oxygen atoms in total. The Morgan fingerprint density at radius 3 is 2.53 bits per heavy atom. The van der Waals surface area contributed by atoms with Gasteiger partial charge in [0.05, 0.1) is 0 Å². The largest absolute Gasteiger partial charge is 0.505 e. The van der Waals surface area contributed by atoms with Crippen LogP contribution in [0.15, 0.2) is 12.1 Å². The van der Waals surface area contributed by atoms with Crippen LogP contribution in [0.2, 0.25) is 0 Å². The lowest BCUT2D eigenvalue weighted by atomic mass is 9.87. The predicted molar refractivity (Wildman–Crippen MR) is 57.4 cm³/mol. The van der Waals surface area contributed by atoms with Crippen LogP contribution in [0.25, 0.3) is 0 Å². The van der Waals surface area contributed by atoms with E-state index in [0.717, 1.165) is 18.4 Å². The highest BCUT2D eigenvalue weighted by Crippen LogP contribution is 2.53. The van der Waals surface area contributed by atoms with Crippen LogP contribution in [0.4, 0.5) is 4.39 Å². The van der Waals surface area contributed by atoms with Crippen LogP contribution >= 0.6 is 0 Å². The van der Waals surface area contributed by atoms with E-state index in [4.69, 9.17) is 5.73 Å². The van der Waals surface area contributed by atoms with Crippen LogP contribution in [-0.4, -0.2) is 11.1 Å². The number of halogens is 1. The highest BCUT2D eigenvalue weighted by atomic mass is 19.1. The fourth-order valence-corrected chi connectivity index (χ4v) is 2.22. The molecule has 1 unspecified atom stereocenters. The van der Waals surface area contributed by atoms with Gasteiger partial charge in [-0.2, -0.15) is 0 Å². The summed E-state index contributed by atoms with van der Waals surface area (Å²) in [5, 5.41) is 9.72. The zero-order valence-corrected chi connectivity index (χ0v) is 9.05. The molecule has 82 valence electrons. The molecular weight excluding hydrogens is 193 g/mol. The van der Waals surface area contributed by atoms with Crippen molar-refractivity contribution >= 4 is 0 Å². The zero-order valence-electron chi connectivity index (χ0n) is 9.05. The molecule has 0 aromatic heterocycles.